The van der Waals surface area contributed by atoms with E-state index < -0.39 is 0 Å². The van der Waals surface area contributed by atoms with Gasteiger partial charge in [0.1, 0.15) is 11.3 Å². The van der Waals surface area contributed by atoms with E-state index in [1.165, 1.54) is 11.6 Å². The molecule has 0 aliphatic carbocycles. The molecule has 0 atom stereocenters. The van der Waals surface area contributed by atoms with Gasteiger partial charge in [-0.3, -0.25) is 4.79 Å². The standard InChI is InChI=1S/C22H22N2O3/c1-16-2-8-21-17(14-16)15-20(27-21)7-9-22(25)23-18-3-5-19(6-4-18)24-10-12-26-13-11-24/h2-9,14-15H,10-13H2,1H3,(H,23,25). The predicted octanol–water partition coefficient (Wildman–Crippen LogP) is 4.23. The van der Waals surface area contributed by atoms with Crippen LogP contribution >= 0.6 is 0 Å². The second-order valence-corrected chi connectivity index (χ2v) is 6.66. The van der Waals surface area contributed by atoms with E-state index in [1.54, 1.807) is 6.08 Å². The molecule has 3 aromatic rings. The van der Waals surface area contributed by atoms with E-state index in [2.05, 4.69) is 16.3 Å². The maximum Gasteiger partial charge on any atom is 0.248 e. The number of nitrogens with one attached hydrogen (secondary N) is 1. The number of hydrogen-bond donors (Lipinski definition) is 1. The van der Waals surface area contributed by atoms with Gasteiger partial charge in [-0.2, -0.15) is 0 Å². The number of carbonyl (C=O) groups excluding carboxylic acids is 1. The molecule has 5 heteroatoms. The molecule has 0 spiro atoms. The Hall–Kier alpha value is -3.05. The van der Waals surface area contributed by atoms with E-state index in [1.807, 2.05) is 49.4 Å². The van der Waals surface area contributed by atoms with Crippen molar-refractivity contribution < 1.29 is 13.9 Å². The highest BCUT2D eigenvalue weighted by molar-refractivity contribution is 6.02. The highest BCUT2D eigenvalue weighted by atomic mass is 16.5. The number of ether oxygens (including phenoxy) is 1. The number of anilines is 2. The molecule has 0 unspecified atom stereocenters. The number of hydrogen-bond acceptors (Lipinski definition) is 4. The van der Waals surface area contributed by atoms with Gasteiger partial charge < -0.3 is 19.4 Å². The topological polar surface area (TPSA) is 54.7 Å². The van der Waals surface area contributed by atoms with E-state index in [4.69, 9.17) is 9.15 Å². The smallest absolute Gasteiger partial charge is 0.248 e. The van der Waals surface area contributed by atoms with Crippen molar-refractivity contribution in [3.63, 3.8) is 0 Å². The van der Waals surface area contributed by atoms with Crippen molar-refractivity contribution in [1.82, 2.24) is 0 Å². The minimum atomic E-state index is -0.189. The lowest BCUT2D eigenvalue weighted by Gasteiger charge is -2.28. The maximum absolute atomic E-state index is 12.2. The van der Waals surface area contributed by atoms with Gasteiger partial charge in [-0.15, -0.1) is 0 Å². The second-order valence-electron chi connectivity index (χ2n) is 6.66. The van der Waals surface area contributed by atoms with Crippen molar-refractivity contribution in [2.45, 2.75) is 6.92 Å². The van der Waals surface area contributed by atoms with Gasteiger partial charge in [-0.25, -0.2) is 0 Å². The highest BCUT2D eigenvalue weighted by Crippen LogP contribution is 2.22. The van der Waals surface area contributed by atoms with Crippen LogP contribution in [0.3, 0.4) is 0 Å². The molecule has 0 radical (unpaired) electrons. The van der Waals surface area contributed by atoms with Gasteiger partial charge in [-0.05, 0) is 55.5 Å². The van der Waals surface area contributed by atoms with Crippen molar-refractivity contribution in [2.24, 2.45) is 0 Å². The number of rotatable bonds is 4. The van der Waals surface area contributed by atoms with Crippen LogP contribution in [0.4, 0.5) is 11.4 Å². The molecular formula is C22H22N2O3. The average molecular weight is 362 g/mol. The van der Waals surface area contributed by atoms with Gasteiger partial charge in [0.05, 0.1) is 13.2 Å². The summed E-state index contributed by atoms with van der Waals surface area (Å²) in [5, 5.41) is 3.91. The zero-order valence-electron chi connectivity index (χ0n) is 15.3. The lowest BCUT2D eigenvalue weighted by Crippen LogP contribution is -2.36. The van der Waals surface area contributed by atoms with Gasteiger partial charge in [0.2, 0.25) is 5.91 Å². The minimum Gasteiger partial charge on any atom is -0.457 e. The molecule has 1 saturated heterocycles. The zero-order chi connectivity index (χ0) is 18.6. The Morgan fingerprint density at radius 1 is 1.07 bits per heavy atom. The average Bonchev–Trinajstić information content (AvgIpc) is 3.10. The molecular weight excluding hydrogens is 340 g/mol. The SMILES string of the molecule is Cc1ccc2oc(C=CC(=O)Nc3ccc(N4CCOCC4)cc3)cc2c1. The molecule has 1 aliphatic rings. The van der Waals surface area contributed by atoms with Gasteiger partial charge in [-0.1, -0.05) is 11.6 Å². The van der Waals surface area contributed by atoms with Crippen LogP contribution in [0.15, 0.2) is 59.0 Å². The Morgan fingerprint density at radius 3 is 2.63 bits per heavy atom. The Bertz CT molecular complexity index is 967. The number of furan rings is 1. The first-order valence-corrected chi connectivity index (χ1v) is 9.09. The molecule has 1 N–H and O–H groups in total. The van der Waals surface area contributed by atoms with Gasteiger partial charge >= 0.3 is 0 Å². The number of aryl methyl sites for hydroxylation is 1. The summed E-state index contributed by atoms with van der Waals surface area (Å²) in [6.45, 7) is 5.34. The molecule has 1 amide bonds. The fourth-order valence-electron chi connectivity index (χ4n) is 3.18. The summed E-state index contributed by atoms with van der Waals surface area (Å²) in [6.07, 6.45) is 3.17. The summed E-state index contributed by atoms with van der Waals surface area (Å²) in [4.78, 5) is 14.5. The van der Waals surface area contributed by atoms with Crippen LogP contribution in [0.5, 0.6) is 0 Å². The van der Waals surface area contributed by atoms with Crippen LogP contribution < -0.4 is 10.2 Å². The second kappa shape index (κ2) is 7.68. The van der Waals surface area contributed by atoms with Crippen LogP contribution in [0, 0.1) is 6.92 Å². The Labute approximate surface area is 158 Å². The Kier molecular flexibility index (Phi) is 4.94. The number of fused-ring (bicyclic) bond motifs is 1. The summed E-state index contributed by atoms with van der Waals surface area (Å²) in [6, 6.07) is 15.8. The van der Waals surface area contributed by atoms with Crippen molar-refractivity contribution in [1.29, 1.82) is 0 Å². The number of carbonyl (C=O) groups is 1. The fourth-order valence-corrected chi connectivity index (χ4v) is 3.18. The van der Waals surface area contributed by atoms with Crippen LogP contribution in [0.25, 0.3) is 17.0 Å². The normalized spacial score (nSPS) is 14.8. The van der Waals surface area contributed by atoms with Crippen LogP contribution in [0.1, 0.15) is 11.3 Å². The van der Waals surface area contributed by atoms with Crippen LogP contribution in [0.2, 0.25) is 0 Å². The van der Waals surface area contributed by atoms with E-state index in [-0.39, 0.29) is 5.91 Å². The molecule has 5 nitrogen and oxygen atoms in total. The summed E-state index contributed by atoms with van der Waals surface area (Å²) >= 11 is 0. The lowest BCUT2D eigenvalue weighted by atomic mass is 10.2. The first kappa shape index (κ1) is 17.4. The first-order chi connectivity index (χ1) is 13.2. The van der Waals surface area contributed by atoms with Crippen molar-refractivity contribution in [3.05, 3.63) is 65.9 Å². The zero-order valence-corrected chi connectivity index (χ0v) is 15.3. The van der Waals surface area contributed by atoms with Crippen molar-refractivity contribution in [2.75, 3.05) is 36.5 Å². The third-order valence-electron chi connectivity index (χ3n) is 4.60. The Morgan fingerprint density at radius 2 is 1.85 bits per heavy atom. The predicted molar refractivity (Wildman–Crippen MR) is 108 cm³/mol. The largest absolute Gasteiger partial charge is 0.457 e. The number of amides is 1. The number of morpholine rings is 1. The molecule has 27 heavy (non-hydrogen) atoms. The summed E-state index contributed by atoms with van der Waals surface area (Å²) in [5.74, 6) is 0.471. The van der Waals surface area contributed by atoms with Crippen molar-refractivity contribution in [3.8, 4) is 0 Å². The quantitative estimate of drug-likeness (QED) is 0.706. The van der Waals surface area contributed by atoms with E-state index in [9.17, 15) is 4.79 Å². The summed E-state index contributed by atoms with van der Waals surface area (Å²) in [5.41, 5.74) is 3.91. The molecule has 1 aliphatic heterocycles. The Balaban J connectivity index is 1.38. The van der Waals surface area contributed by atoms with Gasteiger partial charge in [0.25, 0.3) is 0 Å². The molecule has 138 valence electrons. The van der Waals surface area contributed by atoms with E-state index in [0.717, 1.165) is 48.6 Å². The third kappa shape index (κ3) is 4.20. The van der Waals surface area contributed by atoms with Crippen LogP contribution in [-0.2, 0) is 9.53 Å². The van der Waals surface area contributed by atoms with Gasteiger partial charge in [0.15, 0.2) is 0 Å². The van der Waals surface area contributed by atoms with Crippen LogP contribution in [-0.4, -0.2) is 32.2 Å². The van der Waals surface area contributed by atoms with E-state index in [0.29, 0.717) is 5.76 Å². The molecule has 4 rings (SSSR count). The monoisotopic (exact) mass is 362 g/mol. The maximum atomic E-state index is 12.2. The van der Waals surface area contributed by atoms with E-state index >= 15 is 0 Å². The molecule has 2 aromatic carbocycles. The molecule has 0 saturated carbocycles. The molecule has 0 bridgehead atoms. The molecule has 1 aromatic heterocycles. The fraction of sp³-hybridized carbons (Fsp3) is 0.227. The minimum absolute atomic E-state index is 0.189. The number of benzene rings is 2. The summed E-state index contributed by atoms with van der Waals surface area (Å²) in [7, 11) is 0. The number of nitrogens with zero attached hydrogens (tertiary/aromatic N) is 1. The summed E-state index contributed by atoms with van der Waals surface area (Å²) < 4.78 is 11.1. The molecule has 2 heterocycles. The third-order valence-corrected chi connectivity index (χ3v) is 4.60. The molecule has 1 fully saturated rings. The lowest BCUT2D eigenvalue weighted by molar-refractivity contribution is -0.111. The highest BCUT2D eigenvalue weighted by Gasteiger charge is 2.11. The first-order valence-electron chi connectivity index (χ1n) is 9.09. The van der Waals surface area contributed by atoms with Crippen molar-refractivity contribution >= 4 is 34.3 Å². The van der Waals surface area contributed by atoms with Gasteiger partial charge in [0, 0.05) is 35.9 Å².